The van der Waals surface area contributed by atoms with Crippen LogP contribution in [0.15, 0.2) is 24.3 Å². The van der Waals surface area contributed by atoms with E-state index in [9.17, 15) is 0 Å². The molecule has 0 saturated heterocycles. The lowest BCUT2D eigenvalue weighted by atomic mass is 10.1. The van der Waals surface area contributed by atoms with Crippen LogP contribution in [0.2, 0.25) is 0 Å². The average Bonchev–Trinajstić information content (AvgIpc) is 2.28. The Morgan fingerprint density at radius 2 is 2.06 bits per heavy atom. The van der Waals surface area contributed by atoms with E-state index in [4.69, 9.17) is 0 Å². The number of rotatable bonds is 7. The first-order valence-corrected chi connectivity index (χ1v) is 6.19. The summed E-state index contributed by atoms with van der Waals surface area (Å²) >= 11 is 0. The van der Waals surface area contributed by atoms with Crippen molar-refractivity contribution in [2.75, 3.05) is 18.9 Å². The monoisotopic (exact) mass is 220 g/mol. The molecule has 2 nitrogen and oxygen atoms in total. The zero-order chi connectivity index (χ0) is 11.8. The largest absolute Gasteiger partial charge is 0.388 e. The first-order valence-electron chi connectivity index (χ1n) is 6.19. The summed E-state index contributed by atoms with van der Waals surface area (Å²) < 4.78 is 0. The van der Waals surface area contributed by atoms with Gasteiger partial charge in [0.05, 0.1) is 0 Å². The number of benzene rings is 1. The lowest BCUT2D eigenvalue weighted by Crippen LogP contribution is -2.15. The van der Waals surface area contributed by atoms with Crippen LogP contribution in [0.4, 0.5) is 5.69 Å². The van der Waals surface area contributed by atoms with E-state index in [2.05, 4.69) is 48.7 Å². The van der Waals surface area contributed by atoms with E-state index in [1.807, 2.05) is 7.05 Å². The highest BCUT2D eigenvalue weighted by atomic mass is 14.8. The molecule has 0 aromatic heterocycles. The average molecular weight is 220 g/mol. The maximum absolute atomic E-state index is 3.48. The molecule has 1 aromatic rings. The van der Waals surface area contributed by atoms with Crippen LogP contribution < -0.4 is 10.6 Å². The molecule has 1 rings (SSSR count). The fourth-order valence-electron chi connectivity index (χ4n) is 1.70. The summed E-state index contributed by atoms with van der Waals surface area (Å²) in [6.07, 6.45) is 2.58. The molecule has 0 heterocycles. The van der Waals surface area contributed by atoms with Gasteiger partial charge in [-0.2, -0.15) is 0 Å². The Hall–Kier alpha value is -1.02. The van der Waals surface area contributed by atoms with Crippen LogP contribution in [0.3, 0.4) is 0 Å². The Balaban J connectivity index is 2.21. The molecule has 16 heavy (non-hydrogen) atoms. The molecule has 0 bridgehead atoms. The van der Waals surface area contributed by atoms with Crippen LogP contribution in [0.25, 0.3) is 0 Å². The predicted molar refractivity (Wildman–Crippen MR) is 71.8 cm³/mol. The third-order valence-corrected chi connectivity index (χ3v) is 2.68. The number of hydrogen-bond donors (Lipinski definition) is 2. The first kappa shape index (κ1) is 13.0. The smallest absolute Gasteiger partial charge is 0.0340 e. The van der Waals surface area contributed by atoms with E-state index in [0.29, 0.717) is 0 Å². The molecule has 90 valence electrons. The zero-order valence-electron chi connectivity index (χ0n) is 10.7. The number of hydrogen-bond acceptors (Lipinski definition) is 2. The fourth-order valence-corrected chi connectivity index (χ4v) is 1.70. The van der Waals surface area contributed by atoms with Gasteiger partial charge in [0.25, 0.3) is 0 Å². The second kappa shape index (κ2) is 7.29. The summed E-state index contributed by atoms with van der Waals surface area (Å²) in [5.74, 6) is 0.814. The summed E-state index contributed by atoms with van der Waals surface area (Å²) in [5.41, 5.74) is 2.53. The van der Waals surface area contributed by atoms with Crippen LogP contribution in [0.1, 0.15) is 32.3 Å². The van der Waals surface area contributed by atoms with Crippen molar-refractivity contribution in [3.05, 3.63) is 29.8 Å². The molecular weight excluding hydrogens is 196 g/mol. The summed E-state index contributed by atoms with van der Waals surface area (Å²) in [6, 6.07) is 8.53. The van der Waals surface area contributed by atoms with Gasteiger partial charge in [-0.05, 0) is 43.0 Å². The summed E-state index contributed by atoms with van der Waals surface area (Å²) in [5, 5.41) is 6.64. The molecule has 0 aliphatic heterocycles. The molecule has 1 aromatic carbocycles. The van der Waals surface area contributed by atoms with Gasteiger partial charge in [0.15, 0.2) is 0 Å². The van der Waals surface area contributed by atoms with E-state index in [0.717, 1.165) is 19.0 Å². The minimum absolute atomic E-state index is 0.814. The highest BCUT2D eigenvalue weighted by molar-refractivity contribution is 5.44. The third kappa shape index (κ3) is 5.17. The molecule has 0 atom stereocenters. The molecule has 0 saturated carbocycles. The van der Waals surface area contributed by atoms with E-state index >= 15 is 0 Å². The van der Waals surface area contributed by atoms with Crippen molar-refractivity contribution in [2.45, 2.75) is 33.2 Å². The van der Waals surface area contributed by atoms with Gasteiger partial charge in [-0.25, -0.2) is 0 Å². The zero-order valence-corrected chi connectivity index (χ0v) is 10.7. The molecule has 0 aliphatic rings. The first-order chi connectivity index (χ1) is 7.72. The van der Waals surface area contributed by atoms with Crippen molar-refractivity contribution < 1.29 is 0 Å². The van der Waals surface area contributed by atoms with Crippen molar-refractivity contribution >= 4 is 5.69 Å². The summed E-state index contributed by atoms with van der Waals surface area (Å²) in [7, 11) is 1.95. The van der Waals surface area contributed by atoms with Crippen molar-refractivity contribution in [3.63, 3.8) is 0 Å². The van der Waals surface area contributed by atoms with E-state index < -0.39 is 0 Å². The van der Waals surface area contributed by atoms with Gasteiger partial charge in [-0.15, -0.1) is 0 Å². The molecule has 0 unspecified atom stereocenters. The molecule has 0 radical (unpaired) electrons. The van der Waals surface area contributed by atoms with E-state index in [1.165, 1.54) is 24.1 Å². The topological polar surface area (TPSA) is 24.1 Å². The fraction of sp³-hybridized carbons (Fsp3) is 0.571. The minimum Gasteiger partial charge on any atom is -0.388 e. The van der Waals surface area contributed by atoms with Gasteiger partial charge in [0.1, 0.15) is 0 Å². The Kier molecular flexibility index (Phi) is 5.94. The van der Waals surface area contributed by atoms with Crippen molar-refractivity contribution in [3.8, 4) is 0 Å². The standard InChI is InChI=1S/C14H24N2/c1-12(2)6-5-9-16-11-13-7-4-8-14(10-13)15-3/h4,7-8,10,12,15-16H,5-6,9,11H2,1-3H3. The second-order valence-electron chi connectivity index (χ2n) is 4.66. The number of anilines is 1. The lowest BCUT2D eigenvalue weighted by molar-refractivity contribution is 0.527. The van der Waals surface area contributed by atoms with E-state index in [-0.39, 0.29) is 0 Å². The van der Waals surface area contributed by atoms with E-state index in [1.54, 1.807) is 0 Å². The SMILES string of the molecule is CNc1cccc(CNCCCC(C)C)c1. The number of nitrogens with one attached hydrogen (secondary N) is 2. The van der Waals surface area contributed by atoms with Crippen molar-refractivity contribution in [1.82, 2.24) is 5.32 Å². The van der Waals surface area contributed by atoms with Crippen LogP contribution in [0.5, 0.6) is 0 Å². The maximum atomic E-state index is 3.48. The van der Waals surface area contributed by atoms with Gasteiger partial charge < -0.3 is 10.6 Å². The van der Waals surface area contributed by atoms with Crippen LogP contribution in [-0.4, -0.2) is 13.6 Å². The van der Waals surface area contributed by atoms with Gasteiger partial charge in [0.2, 0.25) is 0 Å². The second-order valence-corrected chi connectivity index (χ2v) is 4.66. The molecule has 0 fully saturated rings. The van der Waals surface area contributed by atoms with Crippen LogP contribution >= 0.6 is 0 Å². The van der Waals surface area contributed by atoms with Crippen molar-refractivity contribution in [1.29, 1.82) is 0 Å². The molecule has 0 amide bonds. The Morgan fingerprint density at radius 3 is 2.75 bits per heavy atom. The molecule has 2 N–H and O–H groups in total. The summed E-state index contributed by atoms with van der Waals surface area (Å²) in [6.45, 7) is 6.63. The Bertz CT molecular complexity index is 295. The van der Waals surface area contributed by atoms with Gasteiger partial charge in [-0.3, -0.25) is 0 Å². The minimum atomic E-state index is 0.814. The molecule has 0 aliphatic carbocycles. The highest BCUT2D eigenvalue weighted by Gasteiger charge is 1.96. The van der Waals surface area contributed by atoms with Crippen LogP contribution in [0, 0.1) is 5.92 Å². The Labute approximate surface area is 99.5 Å². The normalized spacial score (nSPS) is 10.8. The van der Waals surface area contributed by atoms with Gasteiger partial charge >= 0.3 is 0 Å². The third-order valence-electron chi connectivity index (χ3n) is 2.68. The van der Waals surface area contributed by atoms with Gasteiger partial charge in [-0.1, -0.05) is 26.0 Å². The molecule has 0 spiro atoms. The maximum Gasteiger partial charge on any atom is 0.0340 e. The van der Waals surface area contributed by atoms with Crippen LogP contribution in [-0.2, 0) is 6.54 Å². The lowest BCUT2D eigenvalue weighted by Gasteiger charge is -2.08. The highest BCUT2D eigenvalue weighted by Crippen LogP contribution is 2.09. The molecule has 2 heteroatoms. The van der Waals surface area contributed by atoms with Crippen molar-refractivity contribution in [2.24, 2.45) is 5.92 Å². The predicted octanol–water partition coefficient (Wildman–Crippen LogP) is 3.25. The molecular formula is C14H24N2. The summed E-state index contributed by atoms with van der Waals surface area (Å²) in [4.78, 5) is 0. The van der Waals surface area contributed by atoms with Gasteiger partial charge in [0, 0.05) is 19.3 Å². The Morgan fingerprint density at radius 1 is 1.25 bits per heavy atom. The quantitative estimate of drug-likeness (QED) is 0.689.